The first-order chi connectivity index (χ1) is 11.9. The van der Waals surface area contributed by atoms with Crippen molar-refractivity contribution in [1.29, 1.82) is 0 Å². The van der Waals surface area contributed by atoms with E-state index in [-0.39, 0.29) is 11.9 Å². The molecule has 2 heterocycles. The Morgan fingerprint density at radius 3 is 2.84 bits per heavy atom. The lowest BCUT2D eigenvalue weighted by molar-refractivity contribution is 0.0986. The topological polar surface area (TPSA) is 52.2 Å². The van der Waals surface area contributed by atoms with E-state index < -0.39 is 0 Å². The van der Waals surface area contributed by atoms with Gasteiger partial charge < -0.3 is 4.57 Å². The Balaban J connectivity index is 2.20. The molecule has 0 unspecified atom stereocenters. The number of nitrogens with zero attached hydrogens (tertiary/aromatic N) is 4. The highest BCUT2D eigenvalue weighted by Crippen LogP contribution is 2.23. The van der Waals surface area contributed by atoms with Crippen molar-refractivity contribution in [2.75, 3.05) is 0 Å². The highest BCUT2D eigenvalue weighted by molar-refractivity contribution is 7.16. The maximum atomic E-state index is 12.7. The summed E-state index contributed by atoms with van der Waals surface area (Å²) in [4.78, 5) is 17.8. The molecular formula is C19H22N4OS. The zero-order valence-electron chi connectivity index (χ0n) is 15.0. The summed E-state index contributed by atoms with van der Waals surface area (Å²) in [7, 11) is 0. The summed E-state index contributed by atoms with van der Waals surface area (Å²) >= 11 is 1.54. The number of carbonyl (C=O) groups excluding carboxylic acids is 1. The zero-order valence-corrected chi connectivity index (χ0v) is 15.8. The molecule has 0 aliphatic carbocycles. The third-order valence-electron chi connectivity index (χ3n) is 4.00. The minimum Gasteiger partial charge on any atom is -0.312 e. The molecule has 1 aromatic carbocycles. The van der Waals surface area contributed by atoms with Crippen LogP contribution in [0.15, 0.2) is 42.0 Å². The molecule has 6 heteroatoms. The minimum atomic E-state index is -0.273. The maximum Gasteiger partial charge on any atom is 0.297 e. The summed E-state index contributed by atoms with van der Waals surface area (Å²) in [5, 5.41) is 4.22. The first-order valence-corrected chi connectivity index (χ1v) is 9.08. The normalized spacial score (nSPS) is 12.3. The summed E-state index contributed by atoms with van der Waals surface area (Å²) in [5.41, 5.74) is 3.98. The van der Waals surface area contributed by atoms with Crippen molar-refractivity contribution in [1.82, 2.24) is 14.3 Å². The molecule has 0 bridgehead atoms. The number of amides is 1. The van der Waals surface area contributed by atoms with Gasteiger partial charge in [0.1, 0.15) is 5.69 Å². The van der Waals surface area contributed by atoms with E-state index in [1.54, 1.807) is 16.9 Å². The zero-order chi connectivity index (χ0) is 18.1. The van der Waals surface area contributed by atoms with Crippen LogP contribution in [0.4, 0.5) is 0 Å². The highest BCUT2D eigenvalue weighted by Gasteiger charge is 2.15. The van der Waals surface area contributed by atoms with Crippen molar-refractivity contribution in [3.63, 3.8) is 0 Å². The van der Waals surface area contributed by atoms with Crippen LogP contribution in [0.5, 0.6) is 0 Å². The van der Waals surface area contributed by atoms with Crippen LogP contribution in [-0.2, 0) is 6.54 Å². The first-order valence-electron chi connectivity index (χ1n) is 8.26. The Bertz CT molecular complexity index is 1020. The molecule has 0 atom stereocenters. The molecule has 0 aliphatic rings. The van der Waals surface area contributed by atoms with Gasteiger partial charge in [-0.3, -0.25) is 9.48 Å². The van der Waals surface area contributed by atoms with E-state index in [2.05, 4.69) is 42.7 Å². The fraction of sp³-hybridized carbons (Fsp3) is 0.316. The van der Waals surface area contributed by atoms with Gasteiger partial charge in [-0.05, 0) is 51.0 Å². The van der Waals surface area contributed by atoms with E-state index in [0.29, 0.717) is 17.0 Å². The Labute approximate surface area is 150 Å². The van der Waals surface area contributed by atoms with Crippen molar-refractivity contribution in [3.05, 3.63) is 58.7 Å². The molecular weight excluding hydrogens is 332 g/mol. The van der Waals surface area contributed by atoms with Crippen molar-refractivity contribution >= 4 is 27.5 Å². The second-order valence-corrected chi connectivity index (χ2v) is 7.36. The molecule has 5 nitrogen and oxygen atoms in total. The first kappa shape index (κ1) is 17.4. The third kappa shape index (κ3) is 3.22. The van der Waals surface area contributed by atoms with Gasteiger partial charge in [0.25, 0.3) is 5.91 Å². The van der Waals surface area contributed by atoms with Crippen molar-refractivity contribution < 1.29 is 4.79 Å². The third-order valence-corrected chi connectivity index (χ3v) is 5.23. The van der Waals surface area contributed by atoms with Gasteiger partial charge in [0.05, 0.1) is 10.2 Å². The van der Waals surface area contributed by atoms with Crippen molar-refractivity contribution in [3.8, 4) is 0 Å². The minimum absolute atomic E-state index is 0.108. The fourth-order valence-electron chi connectivity index (χ4n) is 2.94. The number of rotatable bonds is 4. The summed E-state index contributed by atoms with van der Waals surface area (Å²) in [6, 6.07) is 6.10. The molecule has 25 heavy (non-hydrogen) atoms. The van der Waals surface area contributed by atoms with Gasteiger partial charge in [-0.1, -0.05) is 23.5 Å². The van der Waals surface area contributed by atoms with Crippen LogP contribution < -0.4 is 4.80 Å². The van der Waals surface area contributed by atoms with E-state index in [4.69, 9.17) is 0 Å². The number of benzene rings is 1. The molecule has 0 saturated carbocycles. The van der Waals surface area contributed by atoms with Crippen LogP contribution in [0, 0.1) is 13.8 Å². The lowest BCUT2D eigenvalue weighted by atomic mass is 10.1. The van der Waals surface area contributed by atoms with Crippen LogP contribution in [0.3, 0.4) is 0 Å². The molecule has 0 radical (unpaired) electrons. The number of allylic oxidation sites excluding steroid dienone is 1. The highest BCUT2D eigenvalue weighted by atomic mass is 32.1. The summed E-state index contributed by atoms with van der Waals surface area (Å²) in [5.74, 6) is -0.273. The average Bonchev–Trinajstić information content (AvgIpc) is 3.14. The van der Waals surface area contributed by atoms with Crippen LogP contribution in [0.25, 0.3) is 10.2 Å². The van der Waals surface area contributed by atoms with Gasteiger partial charge in [-0.2, -0.15) is 10.1 Å². The number of aromatic nitrogens is 3. The van der Waals surface area contributed by atoms with Gasteiger partial charge in [0.2, 0.25) is 0 Å². The number of hydrogen-bond donors (Lipinski definition) is 0. The number of thiazole rings is 1. The quantitative estimate of drug-likeness (QED) is 0.664. The summed E-state index contributed by atoms with van der Waals surface area (Å²) in [6.07, 6.45) is 3.46. The molecule has 3 aromatic rings. The van der Waals surface area contributed by atoms with Crippen LogP contribution >= 0.6 is 11.3 Å². The molecule has 0 saturated heterocycles. The molecule has 2 aromatic heterocycles. The molecule has 1 amide bonds. The van der Waals surface area contributed by atoms with E-state index >= 15 is 0 Å². The van der Waals surface area contributed by atoms with E-state index in [0.717, 1.165) is 10.2 Å². The molecule has 0 aliphatic heterocycles. The molecule has 0 fully saturated rings. The Morgan fingerprint density at radius 2 is 2.16 bits per heavy atom. The number of carbonyl (C=O) groups is 1. The second-order valence-electron chi connectivity index (χ2n) is 6.39. The Kier molecular flexibility index (Phi) is 4.72. The lowest BCUT2D eigenvalue weighted by Crippen LogP contribution is -2.18. The smallest absolute Gasteiger partial charge is 0.297 e. The van der Waals surface area contributed by atoms with Crippen molar-refractivity contribution in [2.45, 2.75) is 40.3 Å². The van der Waals surface area contributed by atoms with Gasteiger partial charge in [0.15, 0.2) is 4.80 Å². The summed E-state index contributed by atoms with van der Waals surface area (Å²) < 4.78 is 4.89. The van der Waals surface area contributed by atoms with E-state index in [9.17, 15) is 4.79 Å². The van der Waals surface area contributed by atoms with Crippen LogP contribution in [0.1, 0.15) is 41.5 Å². The second kappa shape index (κ2) is 6.80. The SMILES string of the molecule is C=CCn1c(=NC(=O)c2ccnn2C(C)C)sc2c(C)cc(C)cc21. The molecule has 0 spiro atoms. The van der Waals surface area contributed by atoms with Gasteiger partial charge in [-0.25, -0.2) is 0 Å². The Hall–Kier alpha value is -2.47. The van der Waals surface area contributed by atoms with Gasteiger partial charge in [-0.15, -0.1) is 6.58 Å². The number of hydrogen-bond acceptors (Lipinski definition) is 3. The molecule has 130 valence electrons. The monoisotopic (exact) mass is 354 g/mol. The van der Waals surface area contributed by atoms with E-state index in [1.807, 2.05) is 24.5 Å². The van der Waals surface area contributed by atoms with Gasteiger partial charge in [0, 0.05) is 18.8 Å². The van der Waals surface area contributed by atoms with Gasteiger partial charge >= 0.3 is 0 Å². The average molecular weight is 354 g/mol. The van der Waals surface area contributed by atoms with Crippen molar-refractivity contribution in [2.24, 2.45) is 4.99 Å². The maximum absolute atomic E-state index is 12.7. The predicted molar refractivity (Wildman–Crippen MR) is 102 cm³/mol. The fourth-order valence-corrected chi connectivity index (χ4v) is 4.03. The van der Waals surface area contributed by atoms with E-state index in [1.165, 1.54) is 22.5 Å². The largest absolute Gasteiger partial charge is 0.312 e. The van der Waals surface area contributed by atoms with Crippen LogP contribution in [-0.4, -0.2) is 20.3 Å². The standard InChI is InChI=1S/C19H22N4OS/c1-6-9-22-16-11-13(4)10-14(5)17(16)25-19(22)21-18(24)15-7-8-20-23(15)12(2)3/h6-8,10-12H,1,9H2,2-5H3. The Morgan fingerprint density at radius 1 is 1.40 bits per heavy atom. The molecule has 0 N–H and O–H groups in total. The number of aryl methyl sites for hydroxylation is 2. The number of fused-ring (bicyclic) bond motifs is 1. The summed E-state index contributed by atoms with van der Waals surface area (Å²) in [6.45, 7) is 12.6. The lowest BCUT2D eigenvalue weighted by Gasteiger charge is -2.08. The predicted octanol–water partition coefficient (Wildman–Crippen LogP) is 4.02. The molecule has 3 rings (SSSR count). The van der Waals surface area contributed by atoms with Crippen LogP contribution in [0.2, 0.25) is 0 Å².